The van der Waals surface area contributed by atoms with E-state index in [4.69, 9.17) is 0 Å². The molecule has 94 valence electrons. The van der Waals surface area contributed by atoms with Crippen LogP contribution >= 0.6 is 11.3 Å². The standard InChI is InChI=1S/C13H15N3OS/c17-12(16-7-3-4-8-16)9-14-13-15-10-5-1-2-6-11(10)18-13/h1-2,5-6H,3-4,7-9H2,(H,14,15). The molecule has 4 nitrogen and oxygen atoms in total. The first kappa shape index (κ1) is 11.5. The lowest BCUT2D eigenvalue weighted by Crippen LogP contribution is -2.32. The van der Waals surface area contributed by atoms with Crippen LogP contribution < -0.4 is 5.32 Å². The summed E-state index contributed by atoms with van der Waals surface area (Å²) in [7, 11) is 0. The summed E-state index contributed by atoms with van der Waals surface area (Å²) in [5.41, 5.74) is 0.985. The summed E-state index contributed by atoms with van der Waals surface area (Å²) in [6.45, 7) is 2.15. The monoisotopic (exact) mass is 261 g/mol. The lowest BCUT2D eigenvalue weighted by atomic mass is 10.3. The van der Waals surface area contributed by atoms with E-state index in [0.717, 1.165) is 41.3 Å². The molecule has 1 amide bonds. The molecule has 18 heavy (non-hydrogen) atoms. The maximum absolute atomic E-state index is 11.9. The van der Waals surface area contributed by atoms with Crippen molar-refractivity contribution in [2.45, 2.75) is 12.8 Å². The molecule has 0 bridgehead atoms. The van der Waals surface area contributed by atoms with E-state index < -0.39 is 0 Å². The lowest BCUT2D eigenvalue weighted by Gasteiger charge is -2.14. The van der Waals surface area contributed by atoms with Crippen molar-refractivity contribution in [1.29, 1.82) is 0 Å². The van der Waals surface area contributed by atoms with Gasteiger partial charge < -0.3 is 10.2 Å². The molecule has 1 aromatic carbocycles. The first-order chi connectivity index (χ1) is 8.83. The Kier molecular flexibility index (Phi) is 3.15. The van der Waals surface area contributed by atoms with Crippen LogP contribution in [0.2, 0.25) is 0 Å². The molecule has 1 fully saturated rings. The van der Waals surface area contributed by atoms with E-state index in [9.17, 15) is 4.79 Å². The quantitative estimate of drug-likeness (QED) is 0.922. The number of nitrogens with one attached hydrogen (secondary N) is 1. The number of amides is 1. The zero-order valence-electron chi connectivity index (χ0n) is 10.1. The highest BCUT2D eigenvalue weighted by Crippen LogP contribution is 2.25. The Morgan fingerprint density at radius 1 is 1.33 bits per heavy atom. The van der Waals surface area contributed by atoms with Gasteiger partial charge in [-0.05, 0) is 25.0 Å². The van der Waals surface area contributed by atoms with Gasteiger partial charge in [0.25, 0.3) is 0 Å². The third kappa shape index (κ3) is 2.31. The molecule has 0 spiro atoms. The highest BCUT2D eigenvalue weighted by molar-refractivity contribution is 7.22. The SMILES string of the molecule is O=C(CNc1nc2ccccc2s1)N1CCCC1. The molecule has 1 N–H and O–H groups in total. The minimum absolute atomic E-state index is 0.173. The average molecular weight is 261 g/mol. The largest absolute Gasteiger partial charge is 0.352 e. The first-order valence-electron chi connectivity index (χ1n) is 6.20. The molecule has 5 heteroatoms. The van der Waals surface area contributed by atoms with Gasteiger partial charge in [-0.25, -0.2) is 4.98 Å². The minimum Gasteiger partial charge on any atom is -0.352 e. The number of para-hydroxylation sites is 1. The third-order valence-electron chi connectivity index (χ3n) is 3.14. The van der Waals surface area contributed by atoms with E-state index in [2.05, 4.69) is 10.3 Å². The Bertz CT molecular complexity index is 527. The number of benzene rings is 1. The van der Waals surface area contributed by atoms with Gasteiger partial charge in [0, 0.05) is 13.1 Å². The topological polar surface area (TPSA) is 45.2 Å². The highest BCUT2D eigenvalue weighted by Gasteiger charge is 2.17. The molecule has 0 unspecified atom stereocenters. The van der Waals surface area contributed by atoms with E-state index in [0.29, 0.717) is 6.54 Å². The smallest absolute Gasteiger partial charge is 0.241 e. The van der Waals surface area contributed by atoms with Gasteiger partial charge in [-0.2, -0.15) is 0 Å². The van der Waals surface area contributed by atoms with Crippen LogP contribution in [0.25, 0.3) is 10.2 Å². The van der Waals surface area contributed by atoms with E-state index in [1.165, 1.54) is 0 Å². The molecule has 0 aliphatic carbocycles. The molecule has 1 aromatic heterocycles. The molecule has 0 radical (unpaired) electrons. The van der Waals surface area contributed by atoms with Crippen molar-refractivity contribution < 1.29 is 4.79 Å². The zero-order valence-corrected chi connectivity index (χ0v) is 10.9. The van der Waals surface area contributed by atoms with Crippen molar-refractivity contribution >= 4 is 32.6 Å². The summed E-state index contributed by atoms with van der Waals surface area (Å²) in [4.78, 5) is 18.2. The van der Waals surface area contributed by atoms with Crippen molar-refractivity contribution in [3.8, 4) is 0 Å². The molecular formula is C13H15N3OS. The maximum Gasteiger partial charge on any atom is 0.241 e. The summed E-state index contributed by atoms with van der Waals surface area (Å²) in [5, 5.41) is 3.95. The number of thiazole rings is 1. The van der Waals surface area contributed by atoms with E-state index in [1.54, 1.807) is 11.3 Å². The Morgan fingerprint density at radius 2 is 2.11 bits per heavy atom. The fraction of sp³-hybridized carbons (Fsp3) is 0.385. The van der Waals surface area contributed by atoms with Crippen LogP contribution in [0.4, 0.5) is 5.13 Å². The van der Waals surface area contributed by atoms with Crippen LogP contribution in [0.15, 0.2) is 24.3 Å². The van der Waals surface area contributed by atoms with Crippen LogP contribution in [-0.4, -0.2) is 35.4 Å². The van der Waals surface area contributed by atoms with Crippen molar-refractivity contribution in [1.82, 2.24) is 9.88 Å². The summed E-state index contributed by atoms with van der Waals surface area (Å²) < 4.78 is 1.15. The number of fused-ring (bicyclic) bond motifs is 1. The molecule has 1 aliphatic rings. The molecule has 2 aromatic rings. The fourth-order valence-corrected chi connectivity index (χ4v) is 3.04. The number of aromatic nitrogens is 1. The Labute approximate surface area is 110 Å². The Balaban J connectivity index is 1.63. The third-order valence-corrected chi connectivity index (χ3v) is 4.14. The molecule has 1 saturated heterocycles. The van der Waals surface area contributed by atoms with E-state index >= 15 is 0 Å². The molecule has 1 aliphatic heterocycles. The number of hydrogen-bond acceptors (Lipinski definition) is 4. The Hall–Kier alpha value is -1.62. The average Bonchev–Trinajstić information content (AvgIpc) is 3.04. The number of nitrogens with zero attached hydrogens (tertiary/aromatic N) is 2. The number of carbonyl (C=O) groups is 1. The molecular weight excluding hydrogens is 246 g/mol. The lowest BCUT2D eigenvalue weighted by molar-refractivity contribution is -0.128. The van der Waals surface area contributed by atoms with Gasteiger partial charge in [-0.3, -0.25) is 4.79 Å². The Morgan fingerprint density at radius 3 is 2.89 bits per heavy atom. The number of carbonyl (C=O) groups excluding carboxylic acids is 1. The maximum atomic E-state index is 11.9. The second kappa shape index (κ2) is 4.94. The van der Waals surface area contributed by atoms with Crippen molar-refractivity contribution in [3.05, 3.63) is 24.3 Å². The molecule has 2 heterocycles. The van der Waals surface area contributed by atoms with Crippen LogP contribution in [0.5, 0.6) is 0 Å². The summed E-state index contributed by atoms with van der Waals surface area (Å²) >= 11 is 1.59. The van der Waals surface area contributed by atoms with Crippen LogP contribution in [0.1, 0.15) is 12.8 Å². The van der Waals surface area contributed by atoms with Crippen LogP contribution in [-0.2, 0) is 4.79 Å². The van der Waals surface area contributed by atoms with Crippen LogP contribution in [0.3, 0.4) is 0 Å². The van der Waals surface area contributed by atoms with Gasteiger partial charge in [-0.15, -0.1) is 0 Å². The second-order valence-corrected chi connectivity index (χ2v) is 5.46. The zero-order chi connectivity index (χ0) is 12.4. The van der Waals surface area contributed by atoms with Gasteiger partial charge >= 0.3 is 0 Å². The normalized spacial score (nSPS) is 15.2. The van der Waals surface area contributed by atoms with Crippen LogP contribution in [0, 0.1) is 0 Å². The summed E-state index contributed by atoms with van der Waals surface area (Å²) in [6.07, 6.45) is 2.26. The second-order valence-electron chi connectivity index (χ2n) is 4.43. The number of likely N-dealkylation sites (tertiary alicyclic amines) is 1. The predicted molar refractivity (Wildman–Crippen MR) is 73.9 cm³/mol. The highest BCUT2D eigenvalue weighted by atomic mass is 32.1. The number of rotatable bonds is 3. The van der Waals surface area contributed by atoms with Crippen molar-refractivity contribution in [2.75, 3.05) is 25.0 Å². The summed E-state index contributed by atoms with van der Waals surface area (Å²) in [5.74, 6) is 0.173. The fourth-order valence-electron chi connectivity index (χ4n) is 2.18. The summed E-state index contributed by atoms with van der Waals surface area (Å²) in [6, 6.07) is 8.00. The molecule has 0 atom stereocenters. The number of hydrogen-bond donors (Lipinski definition) is 1. The van der Waals surface area contributed by atoms with Crippen molar-refractivity contribution in [3.63, 3.8) is 0 Å². The number of anilines is 1. The van der Waals surface area contributed by atoms with Crippen molar-refractivity contribution in [2.24, 2.45) is 0 Å². The van der Waals surface area contributed by atoms with E-state index in [1.807, 2.05) is 29.2 Å². The minimum atomic E-state index is 0.173. The molecule has 3 rings (SSSR count). The predicted octanol–water partition coefficient (Wildman–Crippen LogP) is 2.33. The van der Waals surface area contributed by atoms with Gasteiger partial charge in [0.15, 0.2) is 5.13 Å². The van der Waals surface area contributed by atoms with Gasteiger partial charge in [-0.1, -0.05) is 23.5 Å². The van der Waals surface area contributed by atoms with Gasteiger partial charge in [0.1, 0.15) is 0 Å². The first-order valence-corrected chi connectivity index (χ1v) is 7.02. The van der Waals surface area contributed by atoms with E-state index in [-0.39, 0.29) is 5.91 Å². The van der Waals surface area contributed by atoms with Gasteiger partial charge in [0.05, 0.1) is 16.8 Å². The van der Waals surface area contributed by atoms with Gasteiger partial charge in [0.2, 0.25) is 5.91 Å². The molecule has 0 saturated carbocycles.